The standard InChI is InChI=1S/C17H19ClN2O/c1-11(21-2)17-19-15(10-16(18)20-17)14-8-7-12-5-3-4-6-13(12)9-14/h7-11H,3-6H2,1-2H3/t11-/m0/s1. The van der Waals surface area contributed by atoms with Crippen molar-refractivity contribution < 1.29 is 4.74 Å². The first-order valence-corrected chi connectivity index (χ1v) is 7.74. The Labute approximate surface area is 130 Å². The Balaban J connectivity index is 2.01. The van der Waals surface area contributed by atoms with E-state index in [0.717, 1.165) is 17.7 Å². The molecule has 110 valence electrons. The number of ether oxygens (including phenoxy) is 1. The number of aryl methyl sites for hydroxylation is 2. The summed E-state index contributed by atoms with van der Waals surface area (Å²) in [6.45, 7) is 1.92. The van der Waals surface area contributed by atoms with Crippen molar-refractivity contribution in [3.05, 3.63) is 46.4 Å². The van der Waals surface area contributed by atoms with Gasteiger partial charge in [0.25, 0.3) is 0 Å². The Morgan fingerprint density at radius 3 is 2.62 bits per heavy atom. The van der Waals surface area contributed by atoms with Gasteiger partial charge in [-0.25, -0.2) is 9.97 Å². The van der Waals surface area contributed by atoms with Crippen LogP contribution in [0.1, 0.15) is 42.8 Å². The third-order valence-corrected chi connectivity index (χ3v) is 4.27. The van der Waals surface area contributed by atoms with Gasteiger partial charge in [0, 0.05) is 18.7 Å². The first-order chi connectivity index (χ1) is 10.2. The fourth-order valence-electron chi connectivity index (χ4n) is 2.76. The van der Waals surface area contributed by atoms with E-state index < -0.39 is 0 Å². The molecule has 0 bridgehead atoms. The zero-order valence-electron chi connectivity index (χ0n) is 12.4. The SMILES string of the molecule is CO[C@@H](C)c1nc(Cl)cc(-c2ccc3c(c2)CCCC3)n1. The van der Waals surface area contributed by atoms with Crippen LogP contribution in [0.25, 0.3) is 11.3 Å². The summed E-state index contributed by atoms with van der Waals surface area (Å²) >= 11 is 6.14. The molecule has 1 aliphatic rings. The van der Waals surface area contributed by atoms with Crippen LogP contribution in [0.4, 0.5) is 0 Å². The highest BCUT2D eigenvalue weighted by Gasteiger charge is 2.14. The number of aromatic nitrogens is 2. The maximum atomic E-state index is 6.14. The minimum Gasteiger partial charge on any atom is -0.374 e. The lowest BCUT2D eigenvalue weighted by molar-refractivity contribution is 0.112. The summed E-state index contributed by atoms with van der Waals surface area (Å²) in [4.78, 5) is 8.85. The Morgan fingerprint density at radius 2 is 1.86 bits per heavy atom. The Morgan fingerprint density at radius 1 is 1.10 bits per heavy atom. The van der Waals surface area contributed by atoms with Gasteiger partial charge in [-0.3, -0.25) is 0 Å². The second kappa shape index (κ2) is 6.12. The second-order valence-corrected chi connectivity index (χ2v) is 5.89. The van der Waals surface area contributed by atoms with Crippen molar-refractivity contribution in [3.63, 3.8) is 0 Å². The van der Waals surface area contributed by atoms with E-state index in [2.05, 4.69) is 28.2 Å². The van der Waals surface area contributed by atoms with Crippen LogP contribution in [-0.2, 0) is 17.6 Å². The van der Waals surface area contributed by atoms with Gasteiger partial charge in [-0.2, -0.15) is 0 Å². The van der Waals surface area contributed by atoms with E-state index in [-0.39, 0.29) is 6.10 Å². The summed E-state index contributed by atoms with van der Waals surface area (Å²) in [5.74, 6) is 0.623. The van der Waals surface area contributed by atoms with Gasteiger partial charge in [0.05, 0.1) is 5.69 Å². The summed E-state index contributed by atoms with van der Waals surface area (Å²) in [6.07, 6.45) is 4.74. The Bertz CT molecular complexity index is 657. The van der Waals surface area contributed by atoms with Crippen molar-refractivity contribution in [1.29, 1.82) is 0 Å². The maximum Gasteiger partial charge on any atom is 0.159 e. The van der Waals surface area contributed by atoms with Crippen molar-refractivity contribution in [2.75, 3.05) is 7.11 Å². The number of rotatable bonds is 3. The minimum atomic E-state index is -0.167. The van der Waals surface area contributed by atoms with E-state index in [9.17, 15) is 0 Å². The van der Waals surface area contributed by atoms with Gasteiger partial charge in [0.1, 0.15) is 11.3 Å². The molecule has 1 aliphatic carbocycles. The van der Waals surface area contributed by atoms with Crippen molar-refractivity contribution in [1.82, 2.24) is 9.97 Å². The molecule has 3 rings (SSSR count). The predicted octanol–water partition coefficient (Wildman–Crippen LogP) is 4.38. The molecule has 0 aliphatic heterocycles. The molecule has 0 fully saturated rings. The van der Waals surface area contributed by atoms with Crippen molar-refractivity contribution in [3.8, 4) is 11.3 Å². The van der Waals surface area contributed by atoms with Crippen molar-refractivity contribution >= 4 is 11.6 Å². The number of fused-ring (bicyclic) bond motifs is 1. The lowest BCUT2D eigenvalue weighted by atomic mass is 9.90. The summed E-state index contributed by atoms with van der Waals surface area (Å²) in [5, 5.41) is 0.455. The number of nitrogens with zero attached hydrogens (tertiary/aromatic N) is 2. The maximum absolute atomic E-state index is 6.14. The molecule has 0 amide bonds. The van der Waals surface area contributed by atoms with Crippen LogP contribution in [0.15, 0.2) is 24.3 Å². The molecule has 0 N–H and O–H groups in total. The summed E-state index contributed by atoms with van der Waals surface area (Å²) in [5.41, 5.74) is 4.87. The Kier molecular flexibility index (Phi) is 4.22. The highest BCUT2D eigenvalue weighted by atomic mass is 35.5. The monoisotopic (exact) mass is 302 g/mol. The Hall–Kier alpha value is -1.45. The molecule has 0 saturated carbocycles. The molecule has 4 heteroatoms. The van der Waals surface area contributed by atoms with Gasteiger partial charge in [0.15, 0.2) is 5.82 Å². The van der Waals surface area contributed by atoms with Crippen molar-refractivity contribution in [2.24, 2.45) is 0 Å². The predicted molar refractivity (Wildman–Crippen MR) is 84.5 cm³/mol. The number of hydrogen-bond acceptors (Lipinski definition) is 3. The fourth-order valence-corrected chi connectivity index (χ4v) is 2.95. The van der Waals surface area contributed by atoms with Crippen LogP contribution in [0, 0.1) is 0 Å². The van der Waals surface area contributed by atoms with Gasteiger partial charge in [0.2, 0.25) is 0 Å². The highest BCUT2D eigenvalue weighted by molar-refractivity contribution is 6.29. The highest BCUT2D eigenvalue weighted by Crippen LogP contribution is 2.28. The molecule has 0 spiro atoms. The topological polar surface area (TPSA) is 35.0 Å². The number of halogens is 1. The lowest BCUT2D eigenvalue weighted by Gasteiger charge is -2.17. The fraction of sp³-hybridized carbons (Fsp3) is 0.412. The third-order valence-electron chi connectivity index (χ3n) is 4.07. The van der Waals surface area contributed by atoms with Gasteiger partial charge in [-0.05, 0) is 49.8 Å². The molecule has 1 heterocycles. The molecular weight excluding hydrogens is 284 g/mol. The molecular formula is C17H19ClN2O. The number of methoxy groups -OCH3 is 1. The zero-order chi connectivity index (χ0) is 14.8. The number of hydrogen-bond donors (Lipinski definition) is 0. The first kappa shape index (κ1) is 14.5. The van der Waals surface area contributed by atoms with Crippen LogP contribution in [0.3, 0.4) is 0 Å². The third kappa shape index (κ3) is 3.09. The van der Waals surface area contributed by atoms with Gasteiger partial charge in [-0.15, -0.1) is 0 Å². The molecule has 1 aromatic heterocycles. The quantitative estimate of drug-likeness (QED) is 0.789. The average Bonchev–Trinajstić information content (AvgIpc) is 2.53. The first-order valence-electron chi connectivity index (χ1n) is 7.37. The second-order valence-electron chi connectivity index (χ2n) is 5.50. The van der Waals surface area contributed by atoms with E-state index in [1.807, 2.05) is 13.0 Å². The molecule has 3 nitrogen and oxygen atoms in total. The zero-order valence-corrected chi connectivity index (χ0v) is 13.2. The van der Waals surface area contributed by atoms with Crippen molar-refractivity contribution in [2.45, 2.75) is 38.7 Å². The molecule has 21 heavy (non-hydrogen) atoms. The number of benzene rings is 1. The smallest absolute Gasteiger partial charge is 0.159 e. The van der Waals surface area contributed by atoms with Gasteiger partial charge < -0.3 is 4.74 Å². The summed E-state index contributed by atoms with van der Waals surface area (Å²) < 4.78 is 5.29. The minimum absolute atomic E-state index is 0.167. The summed E-state index contributed by atoms with van der Waals surface area (Å²) in [6, 6.07) is 8.41. The summed E-state index contributed by atoms with van der Waals surface area (Å²) in [7, 11) is 1.65. The van der Waals surface area contributed by atoms with E-state index >= 15 is 0 Å². The van der Waals surface area contributed by atoms with Crippen LogP contribution in [-0.4, -0.2) is 17.1 Å². The normalized spacial score (nSPS) is 15.6. The largest absolute Gasteiger partial charge is 0.374 e. The van der Waals surface area contributed by atoms with Gasteiger partial charge >= 0.3 is 0 Å². The van der Waals surface area contributed by atoms with Gasteiger partial charge in [-0.1, -0.05) is 23.7 Å². The molecule has 0 radical (unpaired) electrons. The van der Waals surface area contributed by atoms with E-state index in [1.54, 1.807) is 7.11 Å². The molecule has 0 unspecified atom stereocenters. The average molecular weight is 303 g/mol. The molecule has 1 atom stereocenters. The lowest BCUT2D eigenvalue weighted by Crippen LogP contribution is -2.05. The molecule has 1 aromatic carbocycles. The molecule has 2 aromatic rings. The van der Waals surface area contributed by atoms with E-state index in [0.29, 0.717) is 11.0 Å². The van der Waals surface area contributed by atoms with Crippen LogP contribution in [0.5, 0.6) is 0 Å². The van der Waals surface area contributed by atoms with Crippen LogP contribution < -0.4 is 0 Å². The van der Waals surface area contributed by atoms with E-state index in [1.165, 1.54) is 30.4 Å². The van der Waals surface area contributed by atoms with E-state index in [4.69, 9.17) is 16.3 Å². The molecule has 0 saturated heterocycles. The van der Waals surface area contributed by atoms with Crippen LogP contribution >= 0.6 is 11.6 Å². The van der Waals surface area contributed by atoms with Crippen LogP contribution in [0.2, 0.25) is 5.15 Å².